The average molecular weight is 446 g/mol. The summed E-state index contributed by atoms with van der Waals surface area (Å²) in [5.41, 5.74) is 4.88. The van der Waals surface area contributed by atoms with E-state index in [9.17, 15) is 9.00 Å². The van der Waals surface area contributed by atoms with E-state index in [1.807, 2.05) is 14.0 Å². The van der Waals surface area contributed by atoms with Crippen molar-refractivity contribution < 1.29 is 13.7 Å². The van der Waals surface area contributed by atoms with Gasteiger partial charge in [-0.2, -0.15) is 5.10 Å². The van der Waals surface area contributed by atoms with Crippen LogP contribution in [-0.4, -0.2) is 44.7 Å². The fourth-order valence-electron chi connectivity index (χ4n) is 4.38. The van der Waals surface area contributed by atoms with Gasteiger partial charge in [-0.3, -0.25) is 4.98 Å². The summed E-state index contributed by atoms with van der Waals surface area (Å²) in [6, 6.07) is -0.645. The minimum Gasteiger partial charge on any atom is -0.475 e. The lowest BCUT2D eigenvalue weighted by Gasteiger charge is -2.24. The third-order valence-corrected chi connectivity index (χ3v) is 7.56. The topological polar surface area (TPSA) is 137 Å². The number of aromatic nitrogens is 3. The van der Waals surface area contributed by atoms with Crippen LogP contribution < -0.4 is 20.5 Å². The van der Waals surface area contributed by atoms with Gasteiger partial charge in [-0.25, -0.2) is 18.8 Å². The van der Waals surface area contributed by atoms with Crippen LogP contribution >= 0.6 is 0 Å². The molecule has 1 aliphatic heterocycles. The third-order valence-electron chi connectivity index (χ3n) is 6.22. The van der Waals surface area contributed by atoms with E-state index in [0.29, 0.717) is 24.9 Å². The summed E-state index contributed by atoms with van der Waals surface area (Å²) in [4.78, 5) is 17.8. The number of carbonyl (C=O) groups is 1. The number of hydrogen-bond acceptors (Lipinski definition) is 6. The average Bonchev–Trinajstić information content (AvgIpc) is 3.30. The minimum absolute atomic E-state index is 0.0896. The third kappa shape index (κ3) is 3.70. The lowest BCUT2D eigenvalue weighted by molar-refractivity contribution is 0.184. The van der Waals surface area contributed by atoms with E-state index in [4.69, 9.17) is 14.9 Å². The first kappa shape index (κ1) is 20.4. The molecule has 10 nitrogen and oxygen atoms in total. The van der Waals surface area contributed by atoms with Gasteiger partial charge in [-0.05, 0) is 57.2 Å². The molecule has 3 aliphatic rings. The summed E-state index contributed by atoms with van der Waals surface area (Å²) < 4.78 is 24.3. The first-order valence-electron chi connectivity index (χ1n) is 10.6. The van der Waals surface area contributed by atoms with E-state index < -0.39 is 15.9 Å². The molecule has 0 spiro atoms. The quantitative estimate of drug-likeness (QED) is 0.657. The van der Waals surface area contributed by atoms with Crippen LogP contribution in [0.25, 0.3) is 0 Å². The van der Waals surface area contributed by atoms with Crippen LogP contribution in [0.5, 0.6) is 5.88 Å². The van der Waals surface area contributed by atoms with Crippen molar-refractivity contribution in [1.29, 1.82) is 0 Å². The number of rotatable bonds is 4. The number of likely N-dealkylation sites (N-methyl/N-ethyl adjacent to an activating group) is 1. The molecule has 1 fully saturated rings. The fraction of sp³-hybridized carbons (Fsp3) is 0.550. The number of fused-ring (bicyclic) bond motifs is 2. The van der Waals surface area contributed by atoms with Crippen molar-refractivity contribution in [3.8, 4) is 5.88 Å². The SMILES string of the molecule is CNC1COc2c(S(N)(=O)=NC(=O)Nc3c(C)c(C4CC4)nc4c3CCC4)cnn2C1. The smallest absolute Gasteiger partial charge is 0.354 e. The lowest BCUT2D eigenvalue weighted by atomic mass is 10.0. The predicted molar refractivity (Wildman–Crippen MR) is 116 cm³/mol. The molecule has 4 N–H and O–H groups in total. The molecule has 166 valence electrons. The standard InChI is InChI=1S/C20H27N7O3S/c1-11-17(12-6-7-12)24-15-5-3-4-14(15)18(11)25-20(28)26-31(21,29)16-8-23-27-9-13(22-2)10-30-19(16)27/h8,12-13,22H,3-7,9-10H2,1-2H3,(H3,21,24,25,26,28,29). The van der Waals surface area contributed by atoms with Crippen LogP contribution in [0.4, 0.5) is 10.5 Å². The molecule has 0 bridgehead atoms. The summed E-state index contributed by atoms with van der Waals surface area (Å²) >= 11 is 0. The van der Waals surface area contributed by atoms with Crippen molar-refractivity contribution in [3.05, 3.63) is 28.7 Å². The van der Waals surface area contributed by atoms with Gasteiger partial charge in [-0.15, -0.1) is 4.36 Å². The zero-order valence-corrected chi connectivity index (χ0v) is 18.5. The van der Waals surface area contributed by atoms with Gasteiger partial charge >= 0.3 is 6.03 Å². The molecule has 1 saturated carbocycles. The summed E-state index contributed by atoms with van der Waals surface area (Å²) in [7, 11) is -1.69. The molecule has 3 heterocycles. The zero-order chi connectivity index (χ0) is 21.8. The highest BCUT2D eigenvalue weighted by molar-refractivity contribution is 7.91. The van der Waals surface area contributed by atoms with Crippen molar-refractivity contribution in [2.24, 2.45) is 9.50 Å². The van der Waals surface area contributed by atoms with Crippen LogP contribution in [0.15, 0.2) is 15.5 Å². The Morgan fingerprint density at radius 1 is 1.39 bits per heavy atom. The zero-order valence-electron chi connectivity index (χ0n) is 17.7. The maximum atomic E-state index is 13.2. The van der Waals surface area contributed by atoms with Gasteiger partial charge in [0.25, 0.3) is 0 Å². The summed E-state index contributed by atoms with van der Waals surface area (Å²) in [5, 5.41) is 16.2. The number of amides is 2. The van der Waals surface area contributed by atoms with Crippen LogP contribution in [-0.2, 0) is 29.3 Å². The molecule has 0 radical (unpaired) electrons. The lowest BCUT2D eigenvalue weighted by Crippen LogP contribution is -2.40. The highest BCUT2D eigenvalue weighted by Crippen LogP contribution is 2.44. The molecule has 5 rings (SSSR count). The number of hydrogen-bond donors (Lipinski definition) is 3. The molecule has 2 unspecified atom stereocenters. The van der Waals surface area contributed by atoms with Crippen molar-refractivity contribution >= 4 is 21.6 Å². The van der Waals surface area contributed by atoms with E-state index in [1.165, 1.54) is 6.20 Å². The Morgan fingerprint density at radius 3 is 2.94 bits per heavy atom. The maximum Gasteiger partial charge on any atom is 0.354 e. The van der Waals surface area contributed by atoms with Gasteiger partial charge in [0.2, 0.25) is 5.88 Å². The monoisotopic (exact) mass is 445 g/mol. The second kappa shape index (κ2) is 7.57. The Balaban J connectivity index is 1.45. The Hall–Kier alpha value is -2.50. The number of nitrogens with two attached hydrogens (primary N) is 1. The molecule has 2 aromatic heterocycles. The fourth-order valence-corrected chi connectivity index (χ4v) is 5.38. The largest absolute Gasteiger partial charge is 0.475 e. The van der Waals surface area contributed by atoms with Gasteiger partial charge in [0.1, 0.15) is 11.5 Å². The van der Waals surface area contributed by atoms with E-state index in [0.717, 1.165) is 60.3 Å². The van der Waals surface area contributed by atoms with E-state index in [2.05, 4.69) is 20.1 Å². The van der Waals surface area contributed by atoms with Crippen LogP contribution in [0, 0.1) is 6.92 Å². The molecule has 2 atom stereocenters. The molecule has 0 saturated heterocycles. The number of pyridine rings is 1. The number of anilines is 1. The second-order valence-electron chi connectivity index (χ2n) is 8.43. The number of ether oxygens (including phenoxy) is 1. The van der Waals surface area contributed by atoms with Crippen LogP contribution in [0.2, 0.25) is 0 Å². The highest BCUT2D eigenvalue weighted by Gasteiger charge is 2.32. The Kier molecular flexibility index (Phi) is 4.98. The minimum atomic E-state index is -3.52. The van der Waals surface area contributed by atoms with Crippen LogP contribution in [0.3, 0.4) is 0 Å². The van der Waals surface area contributed by atoms with Gasteiger partial charge in [0.05, 0.1) is 24.5 Å². The van der Waals surface area contributed by atoms with E-state index in [-0.39, 0.29) is 10.9 Å². The summed E-state index contributed by atoms with van der Waals surface area (Å²) in [6.07, 6.45) is 6.41. The molecular formula is C20H27N7O3S. The Labute approximate surface area is 181 Å². The Bertz CT molecular complexity index is 1180. The van der Waals surface area contributed by atoms with Gasteiger partial charge in [0, 0.05) is 17.3 Å². The number of nitrogens with zero attached hydrogens (tertiary/aromatic N) is 4. The van der Waals surface area contributed by atoms with Crippen LogP contribution in [0.1, 0.15) is 47.7 Å². The first-order valence-corrected chi connectivity index (χ1v) is 12.2. The number of carbonyl (C=O) groups excluding carboxylic acids is 1. The van der Waals surface area contributed by atoms with Crippen molar-refractivity contribution in [2.45, 2.75) is 62.4 Å². The molecule has 11 heteroatoms. The predicted octanol–water partition coefficient (Wildman–Crippen LogP) is 1.87. The second-order valence-corrected chi connectivity index (χ2v) is 10.2. The number of nitrogens with one attached hydrogen (secondary N) is 2. The molecule has 31 heavy (non-hydrogen) atoms. The van der Waals surface area contributed by atoms with E-state index >= 15 is 0 Å². The van der Waals surface area contributed by atoms with Gasteiger partial charge < -0.3 is 15.4 Å². The van der Waals surface area contributed by atoms with Gasteiger partial charge in [0.15, 0.2) is 9.92 Å². The Morgan fingerprint density at radius 2 is 2.19 bits per heavy atom. The molecule has 2 aliphatic carbocycles. The molecule has 2 aromatic rings. The summed E-state index contributed by atoms with van der Waals surface area (Å²) in [6.45, 7) is 2.93. The normalized spacial score (nSPS) is 21.6. The first-order chi connectivity index (χ1) is 14.9. The molecule has 2 amide bonds. The molecular weight excluding hydrogens is 418 g/mol. The van der Waals surface area contributed by atoms with E-state index in [1.54, 1.807) is 4.68 Å². The van der Waals surface area contributed by atoms with Gasteiger partial charge in [-0.1, -0.05) is 0 Å². The number of urea groups is 1. The summed E-state index contributed by atoms with van der Waals surface area (Å²) in [5.74, 6) is 0.766. The van der Waals surface area contributed by atoms with Crippen molar-refractivity contribution in [2.75, 3.05) is 19.0 Å². The highest BCUT2D eigenvalue weighted by atomic mass is 32.2. The molecule has 0 aromatic carbocycles. The maximum absolute atomic E-state index is 13.2. The van der Waals surface area contributed by atoms with Crippen molar-refractivity contribution in [3.63, 3.8) is 0 Å². The number of aryl methyl sites for hydroxylation is 1. The van der Waals surface area contributed by atoms with Crippen molar-refractivity contribution in [1.82, 2.24) is 20.1 Å².